The van der Waals surface area contributed by atoms with E-state index in [1.54, 1.807) is 0 Å². The van der Waals surface area contributed by atoms with Gasteiger partial charge < -0.3 is 10.2 Å². The lowest BCUT2D eigenvalue weighted by atomic mass is 10.0. The topological polar surface area (TPSA) is 32.3 Å². The van der Waals surface area contributed by atoms with Crippen LogP contribution in [0.3, 0.4) is 0 Å². The van der Waals surface area contributed by atoms with E-state index in [1.807, 2.05) is 11.9 Å². The number of hydrogen-bond donors (Lipinski definition) is 1. The first kappa shape index (κ1) is 13.1. The van der Waals surface area contributed by atoms with Gasteiger partial charge in [0, 0.05) is 13.6 Å². The number of carbonyl (C=O) groups excluding carboxylic acids is 1. The average molecular weight is 246 g/mol. The number of rotatable bonds is 3. The van der Waals surface area contributed by atoms with Crippen molar-refractivity contribution in [2.24, 2.45) is 0 Å². The van der Waals surface area contributed by atoms with Gasteiger partial charge in [-0.15, -0.1) is 0 Å². The van der Waals surface area contributed by atoms with Gasteiger partial charge in [0.25, 0.3) is 0 Å². The molecule has 0 radical (unpaired) electrons. The molecule has 3 nitrogen and oxygen atoms in total. The Morgan fingerprint density at radius 2 is 2.22 bits per heavy atom. The van der Waals surface area contributed by atoms with Crippen LogP contribution in [0.1, 0.15) is 29.5 Å². The van der Waals surface area contributed by atoms with E-state index in [2.05, 4.69) is 37.4 Å². The molecule has 1 atom stereocenters. The summed E-state index contributed by atoms with van der Waals surface area (Å²) < 4.78 is 0. The van der Waals surface area contributed by atoms with Crippen LogP contribution in [0.25, 0.3) is 0 Å². The maximum absolute atomic E-state index is 12.2. The molecule has 1 N–H and O–H groups in total. The number of likely N-dealkylation sites (N-methyl/N-ethyl adjacent to an activating group) is 1. The van der Waals surface area contributed by atoms with Crippen molar-refractivity contribution in [1.29, 1.82) is 0 Å². The normalized spacial score (nSPS) is 18.9. The zero-order valence-corrected chi connectivity index (χ0v) is 11.5. The summed E-state index contributed by atoms with van der Waals surface area (Å²) in [7, 11) is 1.89. The van der Waals surface area contributed by atoms with Crippen LogP contribution in [0, 0.1) is 13.8 Å². The fourth-order valence-corrected chi connectivity index (χ4v) is 2.47. The van der Waals surface area contributed by atoms with Crippen LogP contribution >= 0.6 is 0 Å². The van der Waals surface area contributed by atoms with Crippen LogP contribution in [-0.2, 0) is 11.3 Å². The van der Waals surface area contributed by atoms with Crippen molar-refractivity contribution >= 4 is 5.91 Å². The second-order valence-corrected chi connectivity index (χ2v) is 5.27. The van der Waals surface area contributed by atoms with Crippen LogP contribution < -0.4 is 5.32 Å². The molecule has 0 bridgehead atoms. The van der Waals surface area contributed by atoms with E-state index in [9.17, 15) is 4.79 Å². The number of nitrogens with zero attached hydrogens (tertiary/aromatic N) is 1. The Hall–Kier alpha value is -1.35. The molecular formula is C15H22N2O. The molecule has 1 aromatic carbocycles. The number of benzene rings is 1. The van der Waals surface area contributed by atoms with Crippen LogP contribution in [0.2, 0.25) is 0 Å². The van der Waals surface area contributed by atoms with Crippen molar-refractivity contribution < 1.29 is 4.79 Å². The first-order valence-corrected chi connectivity index (χ1v) is 6.62. The third kappa shape index (κ3) is 2.91. The van der Waals surface area contributed by atoms with Gasteiger partial charge in [-0.1, -0.05) is 23.8 Å². The molecule has 1 aromatic rings. The summed E-state index contributed by atoms with van der Waals surface area (Å²) in [5.41, 5.74) is 3.74. The van der Waals surface area contributed by atoms with Gasteiger partial charge in [0.2, 0.25) is 5.91 Å². The minimum atomic E-state index is 0.0279. The van der Waals surface area contributed by atoms with E-state index >= 15 is 0 Å². The molecule has 0 saturated carbocycles. The van der Waals surface area contributed by atoms with Crippen LogP contribution in [0.15, 0.2) is 18.2 Å². The minimum Gasteiger partial charge on any atom is -0.340 e. The second-order valence-electron chi connectivity index (χ2n) is 5.27. The van der Waals surface area contributed by atoms with E-state index in [4.69, 9.17) is 0 Å². The van der Waals surface area contributed by atoms with Gasteiger partial charge in [-0.3, -0.25) is 4.79 Å². The lowest BCUT2D eigenvalue weighted by Gasteiger charge is -2.22. The Balaban J connectivity index is 2.03. The number of aryl methyl sites for hydroxylation is 2. The molecule has 1 unspecified atom stereocenters. The van der Waals surface area contributed by atoms with Gasteiger partial charge in [0.15, 0.2) is 0 Å². The van der Waals surface area contributed by atoms with E-state index in [1.165, 1.54) is 16.7 Å². The van der Waals surface area contributed by atoms with E-state index < -0.39 is 0 Å². The van der Waals surface area contributed by atoms with Gasteiger partial charge in [-0.25, -0.2) is 0 Å². The van der Waals surface area contributed by atoms with Gasteiger partial charge >= 0.3 is 0 Å². The summed E-state index contributed by atoms with van der Waals surface area (Å²) in [4.78, 5) is 14.0. The number of carbonyl (C=O) groups is 1. The third-order valence-corrected chi connectivity index (χ3v) is 3.65. The highest BCUT2D eigenvalue weighted by atomic mass is 16.2. The molecule has 18 heavy (non-hydrogen) atoms. The molecule has 1 amide bonds. The lowest BCUT2D eigenvalue weighted by molar-refractivity contribution is -0.132. The Morgan fingerprint density at radius 1 is 1.44 bits per heavy atom. The zero-order valence-electron chi connectivity index (χ0n) is 11.5. The number of amides is 1. The SMILES string of the molecule is Cc1ccc(C)c(CN(C)C(=O)C2CCCN2)c1. The van der Waals surface area contributed by atoms with E-state index in [-0.39, 0.29) is 11.9 Å². The number of hydrogen-bond acceptors (Lipinski definition) is 2. The van der Waals surface area contributed by atoms with Crippen molar-refractivity contribution in [1.82, 2.24) is 10.2 Å². The predicted molar refractivity (Wildman–Crippen MR) is 73.4 cm³/mol. The Kier molecular flexibility index (Phi) is 4.02. The molecule has 1 aliphatic rings. The summed E-state index contributed by atoms with van der Waals surface area (Å²) in [5.74, 6) is 0.216. The quantitative estimate of drug-likeness (QED) is 0.885. The molecular weight excluding hydrogens is 224 g/mol. The highest BCUT2D eigenvalue weighted by Crippen LogP contribution is 2.14. The molecule has 1 heterocycles. The lowest BCUT2D eigenvalue weighted by Crippen LogP contribution is -2.41. The first-order valence-electron chi connectivity index (χ1n) is 6.62. The van der Waals surface area contributed by atoms with Crippen LogP contribution in [0.4, 0.5) is 0 Å². The minimum absolute atomic E-state index is 0.0279. The molecule has 2 rings (SSSR count). The van der Waals surface area contributed by atoms with Crippen LogP contribution in [-0.4, -0.2) is 30.4 Å². The van der Waals surface area contributed by atoms with Crippen molar-refractivity contribution in [2.45, 2.75) is 39.3 Å². The van der Waals surface area contributed by atoms with Crippen molar-refractivity contribution in [2.75, 3.05) is 13.6 Å². The van der Waals surface area contributed by atoms with Gasteiger partial charge in [-0.2, -0.15) is 0 Å². The Labute approximate surface area is 109 Å². The summed E-state index contributed by atoms with van der Waals surface area (Å²) in [5, 5.41) is 3.26. The molecule has 1 aliphatic heterocycles. The Morgan fingerprint density at radius 3 is 2.89 bits per heavy atom. The molecule has 1 fully saturated rings. The summed E-state index contributed by atoms with van der Waals surface area (Å²) in [6, 6.07) is 6.43. The zero-order chi connectivity index (χ0) is 13.1. The Bertz CT molecular complexity index is 436. The fraction of sp³-hybridized carbons (Fsp3) is 0.533. The van der Waals surface area contributed by atoms with Crippen molar-refractivity contribution in [3.63, 3.8) is 0 Å². The van der Waals surface area contributed by atoms with Gasteiger partial charge in [-0.05, 0) is 44.4 Å². The summed E-state index contributed by atoms with van der Waals surface area (Å²) in [6.45, 7) is 5.85. The molecule has 3 heteroatoms. The molecule has 0 aromatic heterocycles. The molecule has 0 spiro atoms. The maximum Gasteiger partial charge on any atom is 0.239 e. The largest absolute Gasteiger partial charge is 0.340 e. The van der Waals surface area contributed by atoms with Crippen molar-refractivity contribution in [3.05, 3.63) is 34.9 Å². The highest BCUT2D eigenvalue weighted by Gasteiger charge is 2.24. The third-order valence-electron chi connectivity index (χ3n) is 3.65. The summed E-state index contributed by atoms with van der Waals surface area (Å²) in [6.07, 6.45) is 2.07. The van der Waals surface area contributed by atoms with E-state index in [0.717, 1.165) is 19.4 Å². The van der Waals surface area contributed by atoms with Gasteiger partial charge in [0.1, 0.15) is 0 Å². The smallest absolute Gasteiger partial charge is 0.239 e. The maximum atomic E-state index is 12.2. The van der Waals surface area contributed by atoms with E-state index in [0.29, 0.717) is 6.54 Å². The second kappa shape index (κ2) is 5.53. The first-order chi connectivity index (χ1) is 8.58. The summed E-state index contributed by atoms with van der Waals surface area (Å²) >= 11 is 0. The molecule has 98 valence electrons. The number of nitrogens with one attached hydrogen (secondary N) is 1. The fourth-order valence-electron chi connectivity index (χ4n) is 2.47. The molecule has 1 saturated heterocycles. The average Bonchev–Trinajstić information content (AvgIpc) is 2.86. The highest BCUT2D eigenvalue weighted by molar-refractivity contribution is 5.81. The predicted octanol–water partition coefficient (Wildman–Crippen LogP) is 2.01. The van der Waals surface area contributed by atoms with Crippen LogP contribution in [0.5, 0.6) is 0 Å². The standard InChI is InChI=1S/C15H22N2O/c1-11-6-7-12(2)13(9-11)10-17(3)15(18)14-5-4-8-16-14/h6-7,9,14,16H,4-5,8,10H2,1-3H3. The monoisotopic (exact) mass is 246 g/mol. The molecule has 0 aliphatic carbocycles. The van der Waals surface area contributed by atoms with Gasteiger partial charge in [0.05, 0.1) is 6.04 Å². The van der Waals surface area contributed by atoms with Crippen molar-refractivity contribution in [3.8, 4) is 0 Å².